The first-order valence-electron chi connectivity index (χ1n) is 6.16. The fourth-order valence-electron chi connectivity index (χ4n) is 1.73. The number of nitrogens with one attached hydrogen (secondary N) is 1. The summed E-state index contributed by atoms with van der Waals surface area (Å²) >= 11 is 0. The summed E-state index contributed by atoms with van der Waals surface area (Å²) < 4.78 is 37.0. The molecule has 0 atom stereocenters. The minimum absolute atomic E-state index is 0.0480. The number of ether oxygens (including phenoxy) is 2. The maximum atomic E-state index is 12.3. The quantitative estimate of drug-likeness (QED) is 0.814. The number of sulfonamides is 1. The van der Waals surface area contributed by atoms with Gasteiger partial charge in [0, 0.05) is 11.8 Å². The van der Waals surface area contributed by atoms with E-state index in [1.54, 1.807) is 0 Å². The Hall–Kier alpha value is -2.61. The van der Waals surface area contributed by atoms with Gasteiger partial charge < -0.3 is 9.47 Å². The number of pyridine rings is 1. The number of hydrogen-bond acceptors (Lipinski definition) is 6. The molecule has 0 unspecified atom stereocenters. The van der Waals surface area contributed by atoms with Gasteiger partial charge in [0.15, 0.2) is 6.29 Å². The topological polar surface area (TPSA) is 94.6 Å². The molecule has 0 aliphatic carbocycles. The largest absolute Gasteiger partial charge is 0.497 e. The molecule has 2 rings (SSSR count). The van der Waals surface area contributed by atoms with Crippen LogP contribution in [0, 0.1) is 0 Å². The van der Waals surface area contributed by atoms with E-state index < -0.39 is 10.0 Å². The maximum absolute atomic E-state index is 12.3. The van der Waals surface area contributed by atoms with Gasteiger partial charge in [-0.05, 0) is 30.3 Å². The molecule has 1 heterocycles. The van der Waals surface area contributed by atoms with Gasteiger partial charge in [0.1, 0.15) is 11.4 Å². The third-order valence-electron chi connectivity index (χ3n) is 2.82. The van der Waals surface area contributed by atoms with Crippen LogP contribution in [-0.2, 0) is 10.0 Å². The van der Waals surface area contributed by atoms with E-state index in [0.717, 1.165) is 0 Å². The maximum Gasteiger partial charge on any atom is 0.262 e. The SMILES string of the molecule is COc1ccc(S(=O)(=O)Nc2cc(C=O)cnc2OC)cc1. The summed E-state index contributed by atoms with van der Waals surface area (Å²) in [6.45, 7) is 0. The minimum atomic E-state index is -3.84. The molecule has 7 nitrogen and oxygen atoms in total. The number of hydrogen-bond donors (Lipinski definition) is 1. The molecular weight excluding hydrogens is 308 g/mol. The lowest BCUT2D eigenvalue weighted by Crippen LogP contribution is -2.14. The molecule has 0 saturated heterocycles. The van der Waals surface area contributed by atoms with E-state index in [2.05, 4.69) is 9.71 Å². The molecule has 1 aromatic heterocycles. The minimum Gasteiger partial charge on any atom is -0.497 e. The molecule has 0 radical (unpaired) electrons. The lowest BCUT2D eigenvalue weighted by atomic mass is 10.3. The monoisotopic (exact) mass is 322 g/mol. The third-order valence-corrected chi connectivity index (χ3v) is 4.20. The predicted octanol–water partition coefficient (Wildman–Crippen LogP) is 1.71. The Morgan fingerprint density at radius 3 is 2.36 bits per heavy atom. The Morgan fingerprint density at radius 2 is 1.82 bits per heavy atom. The van der Waals surface area contributed by atoms with Crippen LogP contribution in [0.2, 0.25) is 0 Å². The number of carbonyl (C=O) groups excluding carboxylic acids is 1. The van der Waals surface area contributed by atoms with E-state index >= 15 is 0 Å². The first kappa shape index (κ1) is 15.8. The summed E-state index contributed by atoms with van der Waals surface area (Å²) in [5.41, 5.74) is 0.316. The lowest BCUT2D eigenvalue weighted by molar-refractivity contribution is 0.112. The van der Waals surface area contributed by atoms with Gasteiger partial charge in [-0.15, -0.1) is 0 Å². The van der Waals surface area contributed by atoms with Crippen LogP contribution in [0.5, 0.6) is 11.6 Å². The number of nitrogens with zero attached hydrogens (tertiary/aromatic N) is 1. The zero-order valence-corrected chi connectivity index (χ0v) is 12.8. The summed E-state index contributed by atoms with van der Waals surface area (Å²) in [6, 6.07) is 7.23. The Balaban J connectivity index is 2.37. The van der Waals surface area contributed by atoms with Gasteiger partial charge in [0.25, 0.3) is 10.0 Å². The summed E-state index contributed by atoms with van der Waals surface area (Å²) in [5.74, 6) is 0.615. The number of methoxy groups -OCH3 is 2. The van der Waals surface area contributed by atoms with Crippen molar-refractivity contribution in [2.24, 2.45) is 0 Å². The number of benzene rings is 1. The van der Waals surface area contributed by atoms with Crippen molar-refractivity contribution in [3.8, 4) is 11.6 Å². The number of aldehydes is 1. The van der Waals surface area contributed by atoms with Crippen LogP contribution in [0.3, 0.4) is 0 Å². The molecular formula is C14H14N2O5S. The van der Waals surface area contributed by atoms with Crippen LogP contribution < -0.4 is 14.2 Å². The van der Waals surface area contributed by atoms with Crippen LogP contribution in [0.4, 0.5) is 5.69 Å². The Kier molecular flexibility index (Phi) is 4.62. The van der Waals surface area contributed by atoms with Crippen molar-refractivity contribution in [2.75, 3.05) is 18.9 Å². The molecule has 0 fully saturated rings. The first-order valence-corrected chi connectivity index (χ1v) is 7.64. The zero-order valence-electron chi connectivity index (χ0n) is 11.9. The number of aromatic nitrogens is 1. The highest BCUT2D eigenvalue weighted by molar-refractivity contribution is 7.92. The highest BCUT2D eigenvalue weighted by Gasteiger charge is 2.17. The van der Waals surface area contributed by atoms with Crippen LogP contribution >= 0.6 is 0 Å². The highest BCUT2D eigenvalue weighted by atomic mass is 32.2. The Bertz CT molecular complexity index is 772. The number of carbonyl (C=O) groups is 1. The summed E-state index contributed by atoms with van der Waals surface area (Å²) in [6.07, 6.45) is 1.86. The van der Waals surface area contributed by atoms with Crippen molar-refractivity contribution in [3.05, 3.63) is 42.1 Å². The molecule has 2 aromatic rings. The van der Waals surface area contributed by atoms with E-state index in [-0.39, 0.29) is 22.0 Å². The summed E-state index contributed by atoms with van der Waals surface area (Å²) in [7, 11) is -0.993. The zero-order chi connectivity index (χ0) is 16.2. The second kappa shape index (κ2) is 6.44. The normalized spacial score (nSPS) is 10.8. The molecule has 116 valence electrons. The van der Waals surface area contributed by atoms with Crippen LogP contribution in [0.1, 0.15) is 10.4 Å². The summed E-state index contributed by atoms with van der Waals surface area (Å²) in [4.78, 5) is 14.7. The van der Waals surface area contributed by atoms with E-state index in [1.807, 2.05) is 0 Å². The second-order valence-corrected chi connectivity index (χ2v) is 5.91. The van der Waals surface area contributed by atoms with Gasteiger partial charge in [-0.25, -0.2) is 13.4 Å². The fraction of sp³-hybridized carbons (Fsp3) is 0.143. The summed E-state index contributed by atoms with van der Waals surface area (Å²) in [5, 5.41) is 0. The van der Waals surface area contributed by atoms with Crippen molar-refractivity contribution < 1.29 is 22.7 Å². The average molecular weight is 322 g/mol. The van der Waals surface area contributed by atoms with Crippen LogP contribution in [0.25, 0.3) is 0 Å². The Morgan fingerprint density at radius 1 is 1.14 bits per heavy atom. The second-order valence-electron chi connectivity index (χ2n) is 4.22. The van der Waals surface area contributed by atoms with E-state index in [0.29, 0.717) is 12.0 Å². The van der Waals surface area contributed by atoms with Gasteiger partial charge in [0.2, 0.25) is 5.88 Å². The van der Waals surface area contributed by atoms with Gasteiger partial charge in [-0.1, -0.05) is 0 Å². The van der Waals surface area contributed by atoms with Crippen molar-refractivity contribution in [1.82, 2.24) is 4.98 Å². The molecule has 0 aliphatic heterocycles. The molecule has 1 N–H and O–H groups in total. The smallest absolute Gasteiger partial charge is 0.262 e. The van der Waals surface area contributed by atoms with Crippen molar-refractivity contribution in [2.45, 2.75) is 4.90 Å². The van der Waals surface area contributed by atoms with E-state index in [1.165, 1.54) is 50.7 Å². The van der Waals surface area contributed by atoms with Gasteiger partial charge in [-0.2, -0.15) is 0 Å². The Labute approximate surface area is 128 Å². The van der Waals surface area contributed by atoms with Crippen molar-refractivity contribution in [3.63, 3.8) is 0 Å². The lowest BCUT2D eigenvalue weighted by Gasteiger charge is -2.11. The van der Waals surface area contributed by atoms with Crippen LogP contribution in [-0.4, -0.2) is 33.9 Å². The first-order chi connectivity index (χ1) is 10.5. The molecule has 0 saturated carbocycles. The van der Waals surface area contributed by atoms with Gasteiger partial charge >= 0.3 is 0 Å². The molecule has 22 heavy (non-hydrogen) atoms. The standard InChI is InChI=1S/C14H14N2O5S/c1-20-11-3-5-12(6-4-11)22(18,19)16-13-7-10(9-17)8-15-14(13)21-2/h3-9,16H,1-2H3. The molecule has 0 aliphatic rings. The molecule has 0 spiro atoms. The molecule has 0 bridgehead atoms. The number of anilines is 1. The molecule has 0 amide bonds. The predicted molar refractivity (Wildman–Crippen MR) is 80.0 cm³/mol. The fourth-order valence-corrected chi connectivity index (χ4v) is 2.78. The average Bonchev–Trinajstić information content (AvgIpc) is 2.54. The van der Waals surface area contributed by atoms with Crippen molar-refractivity contribution >= 4 is 22.0 Å². The van der Waals surface area contributed by atoms with Crippen LogP contribution in [0.15, 0.2) is 41.4 Å². The third kappa shape index (κ3) is 3.34. The van der Waals surface area contributed by atoms with E-state index in [4.69, 9.17) is 9.47 Å². The van der Waals surface area contributed by atoms with E-state index in [9.17, 15) is 13.2 Å². The van der Waals surface area contributed by atoms with Crippen molar-refractivity contribution in [1.29, 1.82) is 0 Å². The highest BCUT2D eigenvalue weighted by Crippen LogP contribution is 2.25. The molecule has 8 heteroatoms. The number of rotatable bonds is 6. The van der Waals surface area contributed by atoms with Gasteiger partial charge in [-0.3, -0.25) is 9.52 Å². The molecule has 1 aromatic carbocycles. The van der Waals surface area contributed by atoms with Gasteiger partial charge in [0.05, 0.1) is 19.1 Å².